The highest BCUT2D eigenvalue weighted by Crippen LogP contribution is 2.32. The molecule has 2 rings (SSSR count). The molecule has 1 aliphatic carbocycles. The second-order valence-electron chi connectivity index (χ2n) is 10.5. The first-order chi connectivity index (χ1) is 14.2. The van der Waals surface area contributed by atoms with Crippen molar-refractivity contribution < 1.29 is 0 Å². The largest absolute Gasteiger partial charge is 0.329 e. The van der Waals surface area contributed by atoms with Crippen LogP contribution in [0.5, 0.6) is 0 Å². The molecule has 1 heterocycles. The molecule has 168 valence electrons. The molecule has 1 fully saturated rings. The summed E-state index contributed by atoms with van der Waals surface area (Å²) in [4.78, 5) is 9.50. The SMILES string of the molecule is C=C(CCC)CC1CCC(N(C)CCN(C(=C)CC(C)(C)C)c2ccccn2)CC1. The molecule has 0 bridgehead atoms. The minimum absolute atomic E-state index is 0.218. The van der Waals surface area contributed by atoms with Gasteiger partial charge in [-0.05, 0) is 75.5 Å². The van der Waals surface area contributed by atoms with Gasteiger partial charge in [0.25, 0.3) is 0 Å². The van der Waals surface area contributed by atoms with E-state index >= 15 is 0 Å². The maximum atomic E-state index is 4.61. The Morgan fingerprint density at radius 2 is 1.80 bits per heavy atom. The quantitative estimate of drug-likeness (QED) is 0.363. The lowest BCUT2D eigenvalue weighted by Gasteiger charge is -2.37. The van der Waals surface area contributed by atoms with Crippen molar-refractivity contribution in [3.05, 3.63) is 48.8 Å². The molecule has 0 N–H and O–H groups in total. The molecule has 0 amide bonds. The molecule has 0 spiro atoms. The number of likely N-dealkylation sites (N-methyl/N-ethyl adjacent to an activating group) is 1. The van der Waals surface area contributed by atoms with Gasteiger partial charge in [-0.1, -0.05) is 58.9 Å². The second kappa shape index (κ2) is 11.7. The van der Waals surface area contributed by atoms with Crippen LogP contribution in [-0.4, -0.2) is 36.1 Å². The third kappa shape index (κ3) is 8.26. The summed E-state index contributed by atoms with van der Waals surface area (Å²) >= 11 is 0. The summed E-state index contributed by atoms with van der Waals surface area (Å²) in [5, 5.41) is 0. The average molecular weight is 412 g/mol. The molecular weight excluding hydrogens is 366 g/mol. The monoisotopic (exact) mass is 411 g/mol. The first kappa shape index (κ1) is 24.7. The smallest absolute Gasteiger partial charge is 0.132 e. The molecule has 0 saturated heterocycles. The number of rotatable bonds is 11. The fraction of sp³-hybridized carbons (Fsp3) is 0.667. The van der Waals surface area contributed by atoms with E-state index in [-0.39, 0.29) is 5.41 Å². The first-order valence-corrected chi connectivity index (χ1v) is 11.9. The molecule has 0 aromatic carbocycles. The zero-order valence-corrected chi connectivity index (χ0v) is 20.3. The summed E-state index contributed by atoms with van der Waals surface area (Å²) in [5.41, 5.74) is 2.83. The second-order valence-corrected chi connectivity index (χ2v) is 10.5. The number of hydrogen-bond donors (Lipinski definition) is 0. The lowest BCUT2D eigenvalue weighted by atomic mass is 9.81. The number of hydrogen-bond acceptors (Lipinski definition) is 3. The van der Waals surface area contributed by atoms with Crippen LogP contribution >= 0.6 is 0 Å². The minimum atomic E-state index is 0.218. The normalized spacial score (nSPS) is 19.7. The van der Waals surface area contributed by atoms with E-state index in [0.717, 1.165) is 36.9 Å². The molecule has 0 unspecified atom stereocenters. The van der Waals surface area contributed by atoms with E-state index in [0.29, 0.717) is 6.04 Å². The van der Waals surface area contributed by atoms with Crippen LogP contribution in [0.3, 0.4) is 0 Å². The maximum Gasteiger partial charge on any atom is 0.132 e. The highest BCUT2D eigenvalue weighted by Gasteiger charge is 2.25. The molecule has 3 heteroatoms. The van der Waals surface area contributed by atoms with Crippen LogP contribution in [-0.2, 0) is 0 Å². The van der Waals surface area contributed by atoms with Crippen molar-refractivity contribution in [1.29, 1.82) is 0 Å². The van der Waals surface area contributed by atoms with Crippen LogP contribution in [0.2, 0.25) is 0 Å². The van der Waals surface area contributed by atoms with E-state index < -0.39 is 0 Å². The summed E-state index contributed by atoms with van der Waals surface area (Å²) < 4.78 is 0. The van der Waals surface area contributed by atoms with Crippen molar-refractivity contribution in [2.45, 2.75) is 85.1 Å². The Balaban J connectivity index is 1.89. The standard InChI is InChI=1S/C27H45N3/c1-8-11-22(2)20-24-13-15-25(16-14-24)29(7)18-19-30(23(3)21-27(4,5)6)26-12-9-10-17-28-26/h9-10,12,17,24-25H,2-3,8,11,13-16,18-21H2,1,4-7H3. The van der Waals surface area contributed by atoms with Gasteiger partial charge in [0.05, 0.1) is 0 Å². The van der Waals surface area contributed by atoms with Gasteiger partial charge in [0.2, 0.25) is 0 Å². The Bertz CT molecular complexity index is 650. The van der Waals surface area contributed by atoms with Gasteiger partial charge in [0, 0.05) is 31.0 Å². The van der Waals surface area contributed by atoms with Crippen molar-refractivity contribution in [2.24, 2.45) is 11.3 Å². The molecule has 1 aromatic rings. The van der Waals surface area contributed by atoms with E-state index in [4.69, 9.17) is 0 Å². The van der Waals surface area contributed by atoms with Gasteiger partial charge >= 0.3 is 0 Å². The van der Waals surface area contributed by atoms with Crippen LogP contribution in [0.1, 0.15) is 79.1 Å². The van der Waals surface area contributed by atoms with Crippen LogP contribution < -0.4 is 4.90 Å². The molecule has 3 nitrogen and oxygen atoms in total. The highest BCUT2D eigenvalue weighted by molar-refractivity contribution is 5.45. The van der Waals surface area contributed by atoms with Gasteiger partial charge in [-0.3, -0.25) is 0 Å². The van der Waals surface area contributed by atoms with Gasteiger partial charge in [0.1, 0.15) is 5.82 Å². The van der Waals surface area contributed by atoms with E-state index in [1.807, 2.05) is 12.3 Å². The van der Waals surface area contributed by atoms with Crippen LogP contribution in [0, 0.1) is 11.3 Å². The zero-order valence-electron chi connectivity index (χ0n) is 20.3. The summed E-state index contributed by atoms with van der Waals surface area (Å²) in [5.74, 6) is 1.86. The van der Waals surface area contributed by atoms with Gasteiger partial charge in [-0.15, -0.1) is 0 Å². The third-order valence-electron chi connectivity index (χ3n) is 6.34. The fourth-order valence-corrected chi connectivity index (χ4v) is 4.75. The Morgan fingerprint density at radius 1 is 1.10 bits per heavy atom. The average Bonchev–Trinajstić information content (AvgIpc) is 2.68. The highest BCUT2D eigenvalue weighted by atomic mass is 15.2. The number of aromatic nitrogens is 1. The summed E-state index contributed by atoms with van der Waals surface area (Å²) in [6.45, 7) is 19.7. The van der Waals surface area contributed by atoms with Gasteiger partial charge in [-0.25, -0.2) is 4.98 Å². The number of pyridine rings is 1. The van der Waals surface area contributed by atoms with Crippen molar-refractivity contribution in [3.8, 4) is 0 Å². The molecule has 1 aromatic heterocycles. The van der Waals surface area contributed by atoms with Crippen molar-refractivity contribution >= 4 is 5.82 Å². The van der Waals surface area contributed by atoms with Crippen molar-refractivity contribution in [2.75, 3.05) is 25.0 Å². The molecule has 0 atom stereocenters. The van der Waals surface area contributed by atoms with Gasteiger partial charge in [-0.2, -0.15) is 0 Å². The van der Waals surface area contributed by atoms with E-state index in [9.17, 15) is 0 Å². The molecular formula is C27H45N3. The molecule has 1 saturated carbocycles. The van der Waals surface area contributed by atoms with Gasteiger partial charge < -0.3 is 9.80 Å². The summed E-state index contributed by atoms with van der Waals surface area (Å²) in [6.07, 6.45) is 11.8. The van der Waals surface area contributed by atoms with Crippen LogP contribution in [0.25, 0.3) is 0 Å². The van der Waals surface area contributed by atoms with Crippen molar-refractivity contribution in [1.82, 2.24) is 9.88 Å². The van der Waals surface area contributed by atoms with Crippen LogP contribution in [0.4, 0.5) is 5.82 Å². The summed E-state index contributed by atoms with van der Waals surface area (Å²) in [6, 6.07) is 6.84. The maximum absolute atomic E-state index is 4.61. The Labute approximate surface area is 186 Å². The van der Waals surface area contributed by atoms with Crippen molar-refractivity contribution in [3.63, 3.8) is 0 Å². The molecule has 0 radical (unpaired) electrons. The Hall–Kier alpha value is -1.61. The van der Waals surface area contributed by atoms with E-state index in [1.54, 1.807) is 0 Å². The van der Waals surface area contributed by atoms with E-state index in [1.165, 1.54) is 50.5 Å². The summed E-state index contributed by atoms with van der Waals surface area (Å²) in [7, 11) is 2.30. The fourth-order valence-electron chi connectivity index (χ4n) is 4.75. The lowest BCUT2D eigenvalue weighted by molar-refractivity contribution is 0.167. The minimum Gasteiger partial charge on any atom is -0.329 e. The number of nitrogens with zero attached hydrogens (tertiary/aromatic N) is 3. The Kier molecular flexibility index (Phi) is 9.61. The van der Waals surface area contributed by atoms with E-state index in [2.05, 4.69) is 74.8 Å². The molecule has 1 aliphatic rings. The number of anilines is 1. The first-order valence-electron chi connectivity index (χ1n) is 11.9. The lowest BCUT2D eigenvalue weighted by Crippen LogP contribution is -2.40. The third-order valence-corrected chi connectivity index (χ3v) is 6.34. The number of allylic oxidation sites excluding steroid dienone is 2. The predicted molar refractivity (Wildman–Crippen MR) is 132 cm³/mol. The van der Waals surface area contributed by atoms with Gasteiger partial charge in [0.15, 0.2) is 0 Å². The topological polar surface area (TPSA) is 19.4 Å². The van der Waals surface area contributed by atoms with Crippen LogP contribution in [0.15, 0.2) is 48.8 Å². The zero-order chi connectivity index (χ0) is 22.1. The predicted octanol–water partition coefficient (Wildman–Crippen LogP) is 7.07. The molecule has 30 heavy (non-hydrogen) atoms. The molecule has 0 aliphatic heterocycles. The Morgan fingerprint density at radius 3 is 2.37 bits per heavy atom.